The smallest absolute Gasteiger partial charge is 0.119 e. The molecule has 1 aromatic carbocycles. The van der Waals surface area contributed by atoms with Crippen LogP contribution < -0.4 is 5.73 Å². The van der Waals surface area contributed by atoms with Crippen molar-refractivity contribution in [2.75, 3.05) is 6.61 Å². The fourth-order valence-electron chi connectivity index (χ4n) is 1.02. The topological polar surface area (TPSA) is 86.7 Å². The first-order chi connectivity index (χ1) is 5.95. The molecule has 1 rings (SSSR count). The summed E-state index contributed by atoms with van der Waals surface area (Å²) in [7, 11) is 0. The van der Waals surface area contributed by atoms with Crippen LogP contribution in [0.2, 0.25) is 0 Å². The van der Waals surface area contributed by atoms with Gasteiger partial charge in [-0.2, -0.15) is 0 Å². The number of rotatable bonds is 2. The van der Waals surface area contributed by atoms with E-state index in [4.69, 9.17) is 21.1 Å². The highest BCUT2D eigenvalue weighted by Crippen LogP contribution is 2.26. The standard InChI is InChI=1S/C9H13NO3/c1-9(10,5-11)6-2-7(12)4-8(13)3-6/h2-4,11-13H,5,10H2,1H3. The normalized spacial score (nSPS) is 15.3. The summed E-state index contributed by atoms with van der Waals surface area (Å²) in [4.78, 5) is 0. The molecule has 0 spiro atoms. The van der Waals surface area contributed by atoms with Crippen molar-refractivity contribution in [1.29, 1.82) is 0 Å². The number of aliphatic hydroxyl groups excluding tert-OH is 1. The molecule has 0 aromatic heterocycles. The molecule has 0 heterocycles. The highest BCUT2D eigenvalue weighted by Gasteiger charge is 2.20. The second kappa shape index (κ2) is 3.24. The van der Waals surface area contributed by atoms with Gasteiger partial charge in [0.05, 0.1) is 12.1 Å². The zero-order chi connectivity index (χ0) is 10.1. The lowest BCUT2D eigenvalue weighted by Crippen LogP contribution is -2.36. The van der Waals surface area contributed by atoms with E-state index in [1.807, 2.05) is 0 Å². The van der Waals surface area contributed by atoms with Gasteiger partial charge in [-0.25, -0.2) is 0 Å². The SMILES string of the molecule is CC(N)(CO)c1cc(O)cc(O)c1. The molecule has 4 heteroatoms. The minimum absolute atomic E-state index is 0.0693. The van der Waals surface area contributed by atoms with Crippen LogP contribution in [0.15, 0.2) is 18.2 Å². The summed E-state index contributed by atoms with van der Waals surface area (Å²) in [6.45, 7) is 1.36. The third kappa shape index (κ3) is 2.11. The molecule has 1 aromatic rings. The second-order valence-electron chi connectivity index (χ2n) is 3.31. The van der Waals surface area contributed by atoms with E-state index in [1.54, 1.807) is 6.92 Å². The Morgan fingerprint density at radius 2 is 1.69 bits per heavy atom. The lowest BCUT2D eigenvalue weighted by molar-refractivity contribution is 0.209. The second-order valence-corrected chi connectivity index (χ2v) is 3.31. The zero-order valence-corrected chi connectivity index (χ0v) is 7.36. The third-order valence-corrected chi connectivity index (χ3v) is 1.89. The Morgan fingerprint density at radius 3 is 2.08 bits per heavy atom. The molecule has 0 fully saturated rings. The Bertz CT molecular complexity index is 289. The summed E-state index contributed by atoms with van der Waals surface area (Å²) in [5.74, 6) is -0.139. The Labute approximate surface area is 76.2 Å². The summed E-state index contributed by atoms with van der Waals surface area (Å²) in [5.41, 5.74) is 5.25. The summed E-state index contributed by atoms with van der Waals surface area (Å²) >= 11 is 0. The van der Waals surface area contributed by atoms with Crippen molar-refractivity contribution in [3.8, 4) is 11.5 Å². The van der Waals surface area contributed by atoms with Crippen molar-refractivity contribution in [2.45, 2.75) is 12.5 Å². The Balaban J connectivity index is 3.15. The number of aromatic hydroxyl groups is 2. The largest absolute Gasteiger partial charge is 0.508 e. The van der Waals surface area contributed by atoms with Crippen LogP contribution in [-0.4, -0.2) is 21.9 Å². The maximum absolute atomic E-state index is 9.16. The molecule has 72 valence electrons. The van der Waals surface area contributed by atoms with Crippen molar-refractivity contribution in [1.82, 2.24) is 0 Å². The summed E-state index contributed by atoms with van der Waals surface area (Å²) < 4.78 is 0. The van der Waals surface area contributed by atoms with Gasteiger partial charge in [0, 0.05) is 6.07 Å². The van der Waals surface area contributed by atoms with E-state index in [1.165, 1.54) is 18.2 Å². The molecular weight excluding hydrogens is 170 g/mol. The molecule has 0 aliphatic heterocycles. The van der Waals surface area contributed by atoms with Gasteiger partial charge >= 0.3 is 0 Å². The van der Waals surface area contributed by atoms with Gasteiger partial charge < -0.3 is 21.1 Å². The molecule has 13 heavy (non-hydrogen) atoms. The molecule has 0 bridgehead atoms. The lowest BCUT2D eigenvalue weighted by atomic mass is 9.94. The number of nitrogens with two attached hydrogens (primary N) is 1. The molecule has 0 aliphatic carbocycles. The fourth-order valence-corrected chi connectivity index (χ4v) is 1.02. The molecule has 0 saturated carbocycles. The third-order valence-electron chi connectivity index (χ3n) is 1.89. The molecule has 5 N–H and O–H groups in total. The van der Waals surface area contributed by atoms with Crippen LogP contribution in [0.1, 0.15) is 12.5 Å². The van der Waals surface area contributed by atoms with Crippen molar-refractivity contribution >= 4 is 0 Å². The molecule has 0 saturated heterocycles. The van der Waals surface area contributed by atoms with Gasteiger partial charge in [0.25, 0.3) is 0 Å². The van der Waals surface area contributed by atoms with Crippen LogP contribution in [0.25, 0.3) is 0 Å². The van der Waals surface area contributed by atoms with Crippen molar-refractivity contribution < 1.29 is 15.3 Å². The zero-order valence-electron chi connectivity index (χ0n) is 7.36. The number of aliphatic hydroxyl groups is 1. The van der Waals surface area contributed by atoms with Crippen LogP contribution in [-0.2, 0) is 5.54 Å². The van der Waals surface area contributed by atoms with Gasteiger partial charge in [-0.05, 0) is 24.6 Å². The van der Waals surface area contributed by atoms with Gasteiger partial charge in [-0.1, -0.05) is 0 Å². The molecular formula is C9H13NO3. The number of phenolic OH excluding ortho intramolecular Hbond substituents is 2. The summed E-state index contributed by atoms with van der Waals surface area (Å²) in [6, 6.07) is 4.03. The average Bonchev–Trinajstić information content (AvgIpc) is 2.02. The van der Waals surface area contributed by atoms with Crippen LogP contribution >= 0.6 is 0 Å². The first-order valence-electron chi connectivity index (χ1n) is 3.89. The highest BCUT2D eigenvalue weighted by molar-refractivity contribution is 5.39. The number of hydrogen-bond donors (Lipinski definition) is 4. The van der Waals surface area contributed by atoms with E-state index in [2.05, 4.69) is 0 Å². The maximum atomic E-state index is 9.16. The van der Waals surface area contributed by atoms with E-state index in [0.29, 0.717) is 5.56 Å². The minimum Gasteiger partial charge on any atom is -0.508 e. The van der Waals surface area contributed by atoms with Gasteiger partial charge in [0.1, 0.15) is 11.5 Å². The van der Waals surface area contributed by atoms with Crippen LogP contribution in [0, 0.1) is 0 Å². The first kappa shape index (κ1) is 9.83. The molecule has 0 amide bonds. The van der Waals surface area contributed by atoms with E-state index in [-0.39, 0.29) is 18.1 Å². The van der Waals surface area contributed by atoms with Crippen LogP contribution in [0.3, 0.4) is 0 Å². The molecule has 0 aliphatic rings. The Hall–Kier alpha value is -1.26. The lowest BCUT2D eigenvalue weighted by Gasteiger charge is -2.22. The quantitative estimate of drug-likeness (QED) is 0.530. The van der Waals surface area contributed by atoms with Gasteiger partial charge in [-0.3, -0.25) is 0 Å². The molecule has 1 atom stereocenters. The Morgan fingerprint density at radius 1 is 1.23 bits per heavy atom. The number of phenols is 2. The average molecular weight is 183 g/mol. The highest BCUT2D eigenvalue weighted by atomic mass is 16.3. The first-order valence-corrected chi connectivity index (χ1v) is 3.89. The predicted molar refractivity (Wildman–Crippen MR) is 48.4 cm³/mol. The monoisotopic (exact) mass is 183 g/mol. The predicted octanol–water partition coefficient (Wildman–Crippen LogP) is 0.264. The van der Waals surface area contributed by atoms with Crippen LogP contribution in [0.5, 0.6) is 11.5 Å². The van der Waals surface area contributed by atoms with Gasteiger partial charge in [-0.15, -0.1) is 0 Å². The molecule has 1 unspecified atom stereocenters. The Kier molecular flexibility index (Phi) is 2.45. The van der Waals surface area contributed by atoms with Crippen molar-refractivity contribution in [2.24, 2.45) is 5.73 Å². The molecule has 4 nitrogen and oxygen atoms in total. The number of benzene rings is 1. The maximum Gasteiger partial charge on any atom is 0.119 e. The van der Waals surface area contributed by atoms with Gasteiger partial charge in [0.15, 0.2) is 0 Å². The van der Waals surface area contributed by atoms with Crippen LogP contribution in [0.4, 0.5) is 0 Å². The van der Waals surface area contributed by atoms with E-state index in [0.717, 1.165) is 0 Å². The number of hydrogen-bond acceptors (Lipinski definition) is 4. The summed E-state index contributed by atoms with van der Waals surface area (Å²) in [6.07, 6.45) is 0. The fraction of sp³-hybridized carbons (Fsp3) is 0.333. The molecule has 0 radical (unpaired) electrons. The van der Waals surface area contributed by atoms with Gasteiger partial charge in [0.2, 0.25) is 0 Å². The minimum atomic E-state index is -0.948. The van der Waals surface area contributed by atoms with E-state index < -0.39 is 5.54 Å². The summed E-state index contributed by atoms with van der Waals surface area (Å²) in [5, 5.41) is 27.3. The van der Waals surface area contributed by atoms with E-state index >= 15 is 0 Å². The van der Waals surface area contributed by atoms with Crippen molar-refractivity contribution in [3.63, 3.8) is 0 Å². The van der Waals surface area contributed by atoms with Crippen molar-refractivity contribution in [3.05, 3.63) is 23.8 Å². The van der Waals surface area contributed by atoms with E-state index in [9.17, 15) is 0 Å².